The second-order valence-electron chi connectivity index (χ2n) is 7.43. The molecule has 3 aromatic rings. The highest BCUT2D eigenvalue weighted by atomic mass is 32.2. The quantitative estimate of drug-likeness (QED) is 0.639. The third-order valence-electron chi connectivity index (χ3n) is 5.17. The number of aryl methyl sites for hydroxylation is 1. The SMILES string of the molecule is Cc1ccc(CN2C(=O)CSc3ccc(C(=O)NCCc4ccccc4)cc32)cc1. The van der Waals surface area contributed by atoms with Crippen molar-refractivity contribution >= 4 is 29.3 Å². The molecule has 30 heavy (non-hydrogen) atoms. The molecule has 0 aromatic heterocycles. The first-order valence-electron chi connectivity index (χ1n) is 10.0. The van der Waals surface area contributed by atoms with Crippen LogP contribution in [0.3, 0.4) is 0 Å². The van der Waals surface area contributed by atoms with Crippen LogP contribution in [-0.2, 0) is 17.8 Å². The first-order valence-corrected chi connectivity index (χ1v) is 11.0. The van der Waals surface area contributed by atoms with Crippen molar-refractivity contribution in [1.82, 2.24) is 5.32 Å². The maximum Gasteiger partial charge on any atom is 0.251 e. The first kappa shape index (κ1) is 20.2. The highest BCUT2D eigenvalue weighted by molar-refractivity contribution is 8.00. The number of hydrogen-bond donors (Lipinski definition) is 1. The minimum absolute atomic E-state index is 0.0645. The van der Waals surface area contributed by atoms with E-state index in [1.165, 1.54) is 22.9 Å². The molecule has 1 aliphatic heterocycles. The molecule has 152 valence electrons. The van der Waals surface area contributed by atoms with Gasteiger partial charge in [0.25, 0.3) is 5.91 Å². The third-order valence-corrected chi connectivity index (χ3v) is 6.21. The molecule has 0 aliphatic carbocycles. The van der Waals surface area contributed by atoms with Crippen LogP contribution in [0, 0.1) is 6.92 Å². The van der Waals surface area contributed by atoms with E-state index in [0.29, 0.717) is 24.4 Å². The molecule has 0 saturated carbocycles. The van der Waals surface area contributed by atoms with Gasteiger partial charge in [0.1, 0.15) is 0 Å². The number of fused-ring (bicyclic) bond motifs is 1. The van der Waals surface area contributed by atoms with Crippen LogP contribution in [0.1, 0.15) is 27.0 Å². The van der Waals surface area contributed by atoms with E-state index >= 15 is 0 Å². The maximum atomic E-state index is 12.7. The lowest BCUT2D eigenvalue weighted by molar-refractivity contribution is -0.116. The highest BCUT2D eigenvalue weighted by Crippen LogP contribution is 2.36. The van der Waals surface area contributed by atoms with Crippen LogP contribution in [0.25, 0.3) is 0 Å². The van der Waals surface area contributed by atoms with E-state index in [0.717, 1.165) is 22.6 Å². The van der Waals surface area contributed by atoms with Crippen LogP contribution in [0.2, 0.25) is 0 Å². The largest absolute Gasteiger partial charge is 0.352 e. The van der Waals surface area contributed by atoms with Crippen molar-refractivity contribution in [3.8, 4) is 0 Å². The second kappa shape index (κ2) is 9.18. The Bertz CT molecular complexity index is 1050. The summed E-state index contributed by atoms with van der Waals surface area (Å²) >= 11 is 1.53. The Hall–Kier alpha value is -3.05. The monoisotopic (exact) mass is 416 g/mol. The topological polar surface area (TPSA) is 49.4 Å². The Morgan fingerprint density at radius 1 is 1.00 bits per heavy atom. The van der Waals surface area contributed by atoms with E-state index in [9.17, 15) is 9.59 Å². The van der Waals surface area contributed by atoms with Crippen LogP contribution >= 0.6 is 11.8 Å². The van der Waals surface area contributed by atoms with Crippen molar-refractivity contribution in [2.24, 2.45) is 0 Å². The van der Waals surface area contributed by atoms with Crippen molar-refractivity contribution in [2.45, 2.75) is 24.8 Å². The molecule has 4 nitrogen and oxygen atoms in total. The Kier molecular flexibility index (Phi) is 6.19. The van der Waals surface area contributed by atoms with Crippen molar-refractivity contribution in [1.29, 1.82) is 0 Å². The smallest absolute Gasteiger partial charge is 0.251 e. The summed E-state index contributed by atoms with van der Waals surface area (Å²) < 4.78 is 0. The lowest BCUT2D eigenvalue weighted by atomic mass is 10.1. The Balaban J connectivity index is 1.48. The fourth-order valence-corrected chi connectivity index (χ4v) is 4.38. The maximum absolute atomic E-state index is 12.7. The van der Waals surface area contributed by atoms with Gasteiger partial charge in [-0.3, -0.25) is 9.59 Å². The zero-order valence-corrected chi connectivity index (χ0v) is 17.7. The lowest BCUT2D eigenvalue weighted by Crippen LogP contribution is -2.35. The van der Waals surface area contributed by atoms with E-state index in [4.69, 9.17) is 0 Å². The van der Waals surface area contributed by atoms with Crippen LogP contribution in [-0.4, -0.2) is 24.1 Å². The number of amides is 2. The number of hydrogen-bond acceptors (Lipinski definition) is 3. The van der Waals surface area contributed by atoms with Crippen molar-refractivity contribution < 1.29 is 9.59 Å². The summed E-state index contributed by atoms with van der Waals surface area (Å²) in [6.45, 7) is 3.12. The van der Waals surface area contributed by atoms with Gasteiger partial charge in [0.15, 0.2) is 0 Å². The number of nitrogens with zero attached hydrogens (tertiary/aromatic N) is 1. The van der Waals surface area contributed by atoms with E-state index in [-0.39, 0.29) is 11.8 Å². The average molecular weight is 417 g/mol. The minimum Gasteiger partial charge on any atom is -0.352 e. The minimum atomic E-state index is -0.118. The third kappa shape index (κ3) is 4.74. The highest BCUT2D eigenvalue weighted by Gasteiger charge is 2.26. The molecule has 0 spiro atoms. The van der Waals surface area contributed by atoms with Gasteiger partial charge in [0.2, 0.25) is 5.91 Å². The first-order chi connectivity index (χ1) is 14.6. The number of thioether (sulfide) groups is 1. The van der Waals surface area contributed by atoms with Crippen molar-refractivity contribution in [2.75, 3.05) is 17.2 Å². The summed E-state index contributed by atoms with van der Waals surface area (Å²) in [6, 6.07) is 23.9. The van der Waals surface area contributed by atoms with E-state index in [1.807, 2.05) is 55.5 Å². The number of rotatable bonds is 6. The Labute approximate surface area is 181 Å². The van der Waals surface area contributed by atoms with E-state index in [1.54, 1.807) is 4.90 Å². The molecule has 0 unspecified atom stereocenters. The molecular weight excluding hydrogens is 392 g/mol. The van der Waals surface area contributed by atoms with E-state index < -0.39 is 0 Å². The van der Waals surface area contributed by atoms with Crippen LogP contribution < -0.4 is 10.2 Å². The number of benzene rings is 3. The van der Waals surface area contributed by atoms with Crippen LogP contribution in [0.4, 0.5) is 5.69 Å². The molecule has 0 bridgehead atoms. The van der Waals surface area contributed by atoms with E-state index in [2.05, 4.69) is 29.6 Å². The normalized spacial score (nSPS) is 13.1. The molecule has 0 atom stereocenters. The summed E-state index contributed by atoms with van der Waals surface area (Å²) in [7, 11) is 0. The molecule has 2 amide bonds. The second-order valence-corrected chi connectivity index (χ2v) is 8.45. The zero-order chi connectivity index (χ0) is 20.9. The van der Waals surface area contributed by atoms with Crippen LogP contribution in [0.15, 0.2) is 77.7 Å². The molecule has 0 fully saturated rings. The molecule has 3 aromatic carbocycles. The predicted molar refractivity (Wildman–Crippen MR) is 122 cm³/mol. The molecule has 5 heteroatoms. The number of carbonyl (C=O) groups excluding carboxylic acids is 2. The van der Waals surface area contributed by atoms with Gasteiger partial charge in [-0.25, -0.2) is 0 Å². The van der Waals surface area contributed by atoms with Crippen molar-refractivity contribution in [3.63, 3.8) is 0 Å². The summed E-state index contributed by atoms with van der Waals surface area (Å²) in [5.74, 6) is 0.364. The van der Waals surface area contributed by atoms with Gasteiger partial charge < -0.3 is 10.2 Å². The summed E-state index contributed by atoms with van der Waals surface area (Å²) in [6.07, 6.45) is 0.783. The summed E-state index contributed by atoms with van der Waals surface area (Å²) in [5, 5.41) is 2.99. The van der Waals surface area contributed by atoms with Crippen LogP contribution in [0.5, 0.6) is 0 Å². The lowest BCUT2D eigenvalue weighted by Gasteiger charge is -2.29. The summed E-state index contributed by atoms with van der Waals surface area (Å²) in [4.78, 5) is 28.1. The molecule has 1 heterocycles. The molecule has 1 aliphatic rings. The Morgan fingerprint density at radius 2 is 1.77 bits per heavy atom. The zero-order valence-electron chi connectivity index (χ0n) is 16.9. The Morgan fingerprint density at radius 3 is 2.53 bits per heavy atom. The van der Waals surface area contributed by atoms with Gasteiger partial charge in [0.05, 0.1) is 18.0 Å². The van der Waals surface area contributed by atoms with Gasteiger partial charge >= 0.3 is 0 Å². The van der Waals surface area contributed by atoms with Gasteiger partial charge in [-0.15, -0.1) is 11.8 Å². The number of anilines is 1. The van der Waals surface area contributed by atoms with Gasteiger partial charge in [-0.1, -0.05) is 60.2 Å². The predicted octanol–water partition coefficient (Wildman–Crippen LogP) is 4.61. The fraction of sp³-hybridized carbons (Fsp3) is 0.200. The molecule has 4 rings (SSSR count). The molecular formula is C25H24N2O2S. The van der Waals surface area contributed by atoms with Crippen molar-refractivity contribution in [3.05, 3.63) is 95.1 Å². The number of nitrogens with one attached hydrogen (secondary N) is 1. The van der Waals surface area contributed by atoms with Gasteiger partial charge in [-0.2, -0.15) is 0 Å². The average Bonchev–Trinajstić information content (AvgIpc) is 2.77. The number of carbonyl (C=O) groups is 2. The van der Waals surface area contributed by atoms with Gasteiger partial charge in [0, 0.05) is 17.0 Å². The molecule has 1 N–H and O–H groups in total. The molecule has 0 saturated heterocycles. The van der Waals surface area contributed by atoms with Gasteiger partial charge in [-0.05, 0) is 42.7 Å². The summed E-state index contributed by atoms with van der Waals surface area (Å²) in [5.41, 5.74) is 4.84. The fourth-order valence-electron chi connectivity index (χ4n) is 3.46. The molecule has 0 radical (unpaired) electrons. The standard InChI is InChI=1S/C25H24N2O2S/c1-18-7-9-20(10-8-18)16-27-22-15-21(11-12-23(22)30-17-24(27)28)25(29)26-14-13-19-5-3-2-4-6-19/h2-12,15H,13-14,16-17H2,1H3,(H,26,29).